The van der Waals surface area contributed by atoms with Gasteiger partial charge < -0.3 is 14.9 Å². The summed E-state index contributed by atoms with van der Waals surface area (Å²) in [5.74, 6) is -0.258. The number of amides is 1. The molecule has 9 nitrogen and oxygen atoms in total. The summed E-state index contributed by atoms with van der Waals surface area (Å²) in [5, 5.41) is 6.53. The fourth-order valence-electron chi connectivity index (χ4n) is 3.54. The monoisotopic (exact) mass is 458 g/mol. The molecule has 1 amide bonds. The van der Waals surface area contributed by atoms with Gasteiger partial charge >= 0.3 is 0 Å². The molecule has 2 fully saturated rings. The molecule has 170 valence electrons. The summed E-state index contributed by atoms with van der Waals surface area (Å²) in [4.78, 5) is 27.2. The number of benzene rings is 1. The second kappa shape index (κ2) is 9.74. The molecule has 2 aliphatic rings. The Hall–Kier alpha value is -2.85. The van der Waals surface area contributed by atoms with Gasteiger partial charge in [-0.2, -0.15) is 0 Å². The number of anilines is 1. The summed E-state index contributed by atoms with van der Waals surface area (Å²) in [6.07, 6.45) is 8.23. The Morgan fingerprint density at radius 2 is 1.81 bits per heavy atom. The third kappa shape index (κ3) is 5.31. The highest BCUT2D eigenvalue weighted by atomic mass is 32.2. The van der Waals surface area contributed by atoms with Crippen LogP contribution in [-0.2, 0) is 30.8 Å². The standard InChI is InChI=1S/C22H26N4O5S/c1-30-14-16-12-24-20(13-23-16)25-22(27)21(26-31-17-4-2-3-5-17)15-6-8-18(9-7-15)32(28,29)19-10-11-19/h6-9,12-13,17,19H,2-5,10-11,14H2,1H3,(H,24,25,27). The van der Waals surface area contributed by atoms with Gasteiger partial charge in [0.2, 0.25) is 0 Å². The fourth-order valence-corrected chi connectivity index (χ4v) is 5.19. The van der Waals surface area contributed by atoms with Gasteiger partial charge in [0, 0.05) is 12.7 Å². The predicted octanol–water partition coefficient (Wildman–Crippen LogP) is 2.86. The highest BCUT2D eigenvalue weighted by Gasteiger charge is 2.36. The van der Waals surface area contributed by atoms with Gasteiger partial charge in [0.15, 0.2) is 21.4 Å². The van der Waals surface area contributed by atoms with Crippen molar-refractivity contribution in [1.29, 1.82) is 0 Å². The maximum atomic E-state index is 13.0. The van der Waals surface area contributed by atoms with E-state index in [4.69, 9.17) is 9.57 Å². The Bertz CT molecular complexity index is 1070. The molecule has 0 atom stereocenters. The molecule has 1 N–H and O–H groups in total. The number of oxime groups is 1. The molecule has 1 heterocycles. The van der Waals surface area contributed by atoms with Crippen molar-refractivity contribution in [3.05, 3.63) is 47.9 Å². The number of ether oxygens (including phenoxy) is 1. The summed E-state index contributed by atoms with van der Waals surface area (Å²) >= 11 is 0. The van der Waals surface area contributed by atoms with E-state index < -0.39 is 15.7 Å². The zero-order chi connectivity index (χ0) is 22.6. The Morgan fingerprint density at radius 3 is 2.41 bits per heavy atom. The van der Waals surface area contributed by atoms with E-state index in [2.05, 4.69) is 20.4 Å². The molecular weight excluding hydrogens is 432 g/mol. The molecule has 1 aromatic heterocycles. The number of hydrogen-bond acceptors (Lipinski definition) is 8. The van der Waals surface area contributed by atoms with Gasteiger partial charge in [0.05, 0.1) is 34.8 Å². The Labute approximate surface area is 187 Å². The van der Waals surface area contributed by atoms with Crippen LogP contribution >= 0.6 is 0 Å². The molecule has 0 spiro atoms. The quantitative estimate of drug-likeness (QED) is 0.453. The van der Waals surface area contributed by atoms with Gasteiger partial charge in [-0.25, -0.2) is 13.4 Å². The molecule has 1 aromatic carbocycles. The minimum absolute atomic E-state index is 0.0274. The van der Waals surface area contributed by atoms with Crippen molar-refractivity contribution >= 4 is 27.3 Å². The van der Waals surface area contributed by atoms with Crippen molar-refractivity contribution in [1.82, 2.24) is 9.97 Å². The number of carbonyl (C=O) groups is 1. The van der Waals surface area contributed by atoms with Gasteiger partial charge in [0.1, 0.15) is 6.10 Å². The summed E-state index contributed by atoms with van der Waals surface area (Å²) in [5.41, 5.74) is 1.14. The summed E-state index contributed by atoms with van der Waals surface area (Å²) < 4.78 is 29.9. The maximum absolute atomic E-state index is 13.0. The molecule has 10 heteroatoms. The number of aromatic nitrogens is 2. The van der Waals surface area contributed by atoms with Crippen LogP contribution in [0.25, 0.3) is 0 Å². The third-order valence-corrected chi connectivity index (χ3v) is 7.75. The fraction of sp³-hybridized carbons (Fsp3) is 0.455. The molecular formula is C22H26N4O5S. The Kier molecular flexibility index (Phi) is 6.80. The van der Waals surface area contributed by atoms with Gasteiger partial charge in [-0.3, -0.25) is 9.78 Å². The highest BCUT2D eigenvalue weighted by molar-refractivity contribution is 7.92. The van der Waals surface area contributed by atoms with Crippen LogP contribution in [0.4, 0.5) is 5.82 Å². The summed E-state index contributed by atoms with van der Waals surface area (Å²) in [6, 6.07) is 6.19. The van der Waals surface area contributed by atoms with Crippen LogP contribution in [0.3, 0.4) is 0 Å². The molecule has 4 rings (SSSR count). The van der Waals surface area contributed by atoms with Gasteiger partial charge in [-0.1, -0.05) is 17.3 Å². The van der Waals surface area contributed by atoms with E-state index >= 15 is 0 Å². The van der Waals surface area contributed by atoms with Crippen molar-refractivity contribution < 1.29 is 22.8 Å². The van der Waals surface area contributed by atoms with Crippen LogP contribution in [0.2, 0.25) is 0 Å². The Morgan fingerprint density at radius 1 is 1.09 bits per heavy atom. The van der Waals surface area contributed by atoms with E-state index in [0.29, 0.717) is 30.7 Å². The lowest BCUT2D eigenvalue weighted by Crippen LogP contribution is -2.25. The summed E-state index contributed by atoms with van der Waals surface area (Å²) in [6.45, 7) is 0.319. The molecule has 0 aliphatic heterocycles. The number of hydrogen-bond donors (Lipinski definition) is 1. The normalized spacial score (nSPS) is 17.3. The van der Waals surface area contributed by atoms with Crippen molar-refractivity contribution in [2.45, 2.75) is 61.4 Å². The van der Waals surface area contributed by atoms with Crippen LogP contribution < -0.4 is 5.32 Å². The van der Waals surface area contributed by atoms with Crippen LogP contribution in [0.1, 0.15) is 49.8 Å². The minimum Gasteiger partial charge on any atom is -0.392 e. The average Bonchev–Trinajstić information content (AvgIpc) is 3.54. The Balaban J connectivity index is 1.55. The maximum Gasteiger partial charge on any atom is 0.279 e. The lowest BCUT2D eigenvalue weighted by molar-refractivity contribution is -0.110. The molecule has 2 saturated carbocycles. The SMILES string of the molecule is COCc1cnc(NC(=O)C(=NOC2CCCC2)c2ccc(S(=O)(=O)C3CC3)cc2)cn1. The van der Waals surface area contributed by atoms with E-state index in [1.165, 1.54) is 24.5 Å². The molecule has 2 aliphatic carbocycles. The van der Waals surface area contributed by atoms with Crippen LogP contribution in [-0.4, -0.2) is 48.5 Å². The third-order valence-electron chi connectivity index (χ3n) is 5.47. The van der Waals surface area contributed by atoms with Crippen molar-refractivity contribution in [2.24, 2.45) is 5.16 Å². The zero-order valence-electron chi connectivity index (χ0n) is 17.9. The van der Waals surface area contributed by atoms with Crippen LogP contribution in [0.15, 0.2) is 46.7 Å². The molecule has 0 radical (unpaired) electrons. The minimum atomic E-state index is -3.31. The molecule has 2 aromatic rings. The highest BCUT2D eigenvalue weighted by Crippen LogP contribution is 2.33. The largest absolute Gasteiger partial charge is 0.392 e. The second-order valence-corrected chi connectivity index (χ2v) is 10.2. The molecule has 0 bridgehead atoms. The number of rotatable bonds is 9. The second-order valence-electron chi connectivity index (χ2n) is 8.00. The average molecular weight is 459 g/mol. The van der Waals surface area contributed by atoms with Crippen molar-refractivity contribution in [3.63, 3.8) is 0 Å². The lowest BCUT2D eigenvalue weighted by Gasteiger charge is -2.11. The van der Waals surface area contributed by atoms with Gasteiger partial charge in [-0.05, 0) is 50.7 Å². The number of sulfone groups is 1. The zero-order valence-corrected chi connectivity index (χ0v) is 18.7. The first-order chi connectivity index (χ1) is 15.5. The lowest BCUT2D eigenvalue weighted by atomic mass is 10.1. The number of methoxy groups -OCH3 is 1. The predicted molar refractivity (Wildman–Crippen MR) is 118 cm³/mol. The first-order valence-electron chi connectivity index (χ1n) is 10.7. The van der Waals surface area contributed by atoms with Crippen molar-refractivity contribution in [3.8, 4) is 0 Å². The van der Waals surface area contributed by atoms with Crippen LogP contribution in [0, 0.1) is 0 Å². The van der Waals surface area contributed by atoms with Crippen LogP contribution in [0.5, 0.6) is 0 Å². The number of carbonyl (C=O) groups excluding carboxylic acids is 1. The molecule has 0 saturated heterocycles. The first kappa shape index (κ1) is 22.3. The van der Waals surface area contributed by atoms with E-state index in [0.717, 1.165) is 25.7 Å². The smallest absolute Gasteiger partial charge is 0.279 e. The summed E-state index contributed by atoms with van der Waals surface area (Å²) in [7, 11) is -1.75. The first-order valence-corrected chi connectivity index (χ1v) is 12.2. The van der Waals surface area contributed by atoms with E-state index in [9.17, 15) is 13.2 Å². The number of nitrogens with one attached hydrogen (secondary N) is 1. The van der Waals surface area contributed by atoms with E-state index in [1.54, 1.807) is 19.2 Å². The van der Waals surface area contributed by atoms with Gasteiger partial charge in [-0.15, -0.1) is 0 Å². The van der Waals surface area contributed by atoms with E-state index in [1.807, 2.05) is 0 Å². The molecule has 32 heavy (non-hydrogen) atoms. The number of nitrogens with zero attached hydrogens (tertiary/aromatic N) is 3. The van der Waals surface area contributed by atoms with Crippen molar-refractivity contribution in [2.75, 3.05) is 12.4 Å². The topological polar surface area (TPSA) is 120 Å². The van der Waals surface area contributed by atoms with Gasteiger partial charge in [0.25, 0.3) is 5.91 Å². The van der Waals surface area contributed by atoms with E-state index in [-0.39, 0.29) is 27.8 Å². The molecule has 0 unspecified atom stereocenters.